The van der Waals surface area contributed by atoms with Crippen LogP contribution in [0.4, 0.5) is 4.39 Å². The molecule has 8 aromatic carbocycles. The van der Waals surface area contributed by atoms with E-state index in [1.54, 1.807) is 6.07 Å². The van der Waals surface area contributed by atoms with Crippen LogP contribution in [0.25, 0.3) is 100 Å². The number of hydrogen-bond acceptors (Lipinski definition) is 3. The van der Waals surface area contributed by atoms with Crippen LogP contribution in [-0.2, 0) is 21.7 Å². The fraction of sp³-hybridized carbons (Fsp3) is 0.229. The minimum atomic E-state index is -0.519. The standard InChI is InChI=1S/C70H67FN4O/c1-67(2,3)48-33-46(34-49(38-48)68(4,5)6)47-35-59(64-62(37-47)75(66(73-64)58-29-28-52(71)42-63(58)76)54-40-50(69(7,8)9)39-51(41-54)70(10,11)12)43-20-18-21-45(32-43)60-36-44(30-31-72-60)55-25-19-26-57-56-24-16-17-27-61(56)74(65(55)57)53-22-14-13-15-23-53/h13-42,76H,1-12H3. The molecule has 0 spiro atoms. The molecule has 0 aliphatic heterocycles. The molecule has 0 saturated carbocycles. The highest BCUT2D eigenvalue weighted by molar-refractivity contribution is 6.14. The van der Waals surface area contributed by atoms with Crippen molar-refractivity contribution in [1.82, 2.24) is 19.1 Å². The average molecular weight is 999 g/mol. The number of nitrogens with zero attached hydrogens (tertiary/aromatic N) is 4. The smallest absolute Gasteiger partial charge is 0.149 e. The van der Waals surface area contributed by atoms with E-state index in [0.717, 1.165) is 78.1 Å². The fourth-order valence-electron chi connectivity index (χ4n) is 10.7. The Labute approximate surface area is 447 Å². The minimum Gasteiger partial charge on any atom is -0.507 e. The van der Waals surface area contributed by atoms with E-state index < -0.39 is 5.82 Å². The summed E-state index contributed by atoms with van der Waals surface area (Å²) in [5, 5.41) is 14.1. The van der Waals surface area contributed by atoms with Gasteiger partial charge in [0.25, 0.3) is 0 Å². The molecule has 1 N–H and O–H groups in total. The van der Waals surface area contributed by atoms with E-state index in [1.807, 2.05) is 6.20 Å². The Kier molecular flexibility index (Phi) is 12.1. The zero-order chi connectivity index (χ0) is 53.6. The Morgan fingerprint density at radius 2 is 0.987 bits per heavy atom. The van der Waals surface area contributed by atoms with Gasteiger partial charge in [-0.05, 0) is 139 Å². The third kappa shape index (κ3) is 9.18. The van der Waals surface area contributed by atoms with E-state index in [1.165, 1.54) is 45.2 Å². The molecule has 3 aromatic heterocycles. The number of pyridine rings is 1. The van der Waals surface area contributed by atoms with Gasteiger partial charge in [0.1, 0.15) is 17.4 Å². The maximum Gasteiger partial charge on any atom is 0.149 e. The van der Waals surface area contributed by atoms with Gasteiger partial charge in [-0.1, -0.05) is 180 Å². The number of imidazole rings is 1. The highest BCUT2D eigenvalue weighted by atomic mass is 19.1. The second-order valence-corrected chi connectivity index (χ2v) is 24.8. The number of phenolic OH excluding ortho intramolecular Hbond substituents is 1. The summed E-state index contributed by atoms with van der Waals surface area (Å²) in [6.07, 6.45) is 1.92. The molecule has 6 heteroatoms. The molecule has 11 rings (SSSR count). The molecule has 0 unspecified atom stereocenters. The molecule has 380 valence electrons. The third-order valence-electron chi connectivity index (χ3n) is 15.1. The van der Waals surface area contributed by atoms with Crippen LogP contribution in [0, 0.1) is 5.82 Å². The van der Waals surface area contributed by atoms with Crippen LogP contribution in [0.2, 0.25) is 0 Å². The monoisotopic (exact) mass is 999 g/mol. The molecule has 0 bridgehead atoms. The van der Waals surface area contributed by atoms with Crippen molar-refractivity contribution in [1.29, 1.82) is 0 Å². The van der Waals surface area contributed by atoms with Crippen molar-refractivity contribution in [2.45, 2.75) is 105 Å². The number of hydrogen-bond donors (Lipinski definition) is 1. The third-order valence-corrected chi connectivity index (χ3v) is 15.1. The quantitative estimate of drug-likeness (QED) is 0.173. The summed E-state index contributed by atoms with van der Waals surface area (Å²) in [6.45, 7) is 27.1. The van der Waals surface area contributed by atoms with Gasteiger partial charge in [-0.2, -0.15) is 0 Å². The number of halogens is 1. The van der Waals surface area contributed by atoms with Crippen molar-refractivity contribution in [3.05, 3.63) is 210 Å². The van der Waals surface area contributed by atoms with E-state index in [9.17, 15) is 9.50 Å². The van der Waals surface area contributed by atoms with Crippen LogP contribution in [-0.4, -0.2) is 24.2 Å². The highest BCUT2D eigenvalue weighted by Crippen LogP contribution is 2.45. The largest absolute Gasteiger partial charge is 0.507 e. The molecule has 0 saturated heterocycles. The normalized spacial score (nSPS) is 12.6. The molecular weight excluding hydrogens is 932 g/mol. The molecule has 0 aliphatic carbocycles. The molecule has 0 radical (unpaired) electrons. The van der Waals surface area contributed by atoms with Crippen molar-refractivity contribution in [2.75, 3.05) is 0 Å². The lowest BCUT2D eigenvalue weighted by Crippen LogP contribution is -2.17. The first kappa shape index (κ1) is 50.1. The van der Waals surface area contributed by atoms with Gasteiger partial charge in [0.05, 0.1) is 33.3 Å². The molecule has 11 aromatic rings. The van der Waals surface area contributed by atoms with E-state index >= 15 is 0 Å². The molecule has 0 amide bonds. The molecule has 0 fully saturated rings. The maximum atomic E-state index is 14.9. The zero-order valence-corrected chi connectivity index (χ0v) is 45.9. The summed E-state index contributed by atoms with van der Waals surface area (Å²) in [4.78, 5) is 10.6. The summed E-state index contributed by atoms with van der Waals surface area (Å²) >= 11 is 0. The molecule has 0 atom stereocenters. The summed E-state index contributed by atoms with van der Waals surface area (Å²) in [5.74, 6) is -0.181. The Hall–Kier alpha value is -8.09. The lowest BCUT2D eigenvalue weighted by Gasteiger charge is -2.27. The first-order valence-electron chi connectivity index (χ1n) is 26.5. The Bertz CT molecular complexity index is 3990. The van der Waals surface area contributed by atoms with E-state index in [4.69, 9.17) is 9.97 Å². The summed E-state index contributed by atoms with van der Waals surface area (Å²) < 4.78 is 19.5. The van der Waals surface area contributed by atoms with Gasteiger partial charge in [0.15, 0.2) is 0 Å². The number of benzene rings is 8. The maximum absolute atomic E-state index is 14.9. The lowest BCUT2D eigenvalue weighted by molar-refractivity contribution is 0.470. The highest BCUT2D eigenvalue weighted by Gasteiger charge is 2.28. The fourth-order valence-corrected chi connectivity index (χ4v) is 10.7. The van der Waals surface area contributed by atoms with Crippen LogP contribution in [0.5, 0.6) is 5.75 Å². The van der Waals surface area contributed by atoms with Crippen LogP contribution in [0.1, 0.15) is 105 Å². The number of para-hydroxylation sites is 3. The summed E-state index contributed by atoms with van der Waals surface area (Å²) in [5.41, 5.74) is 18.6. The van der Waals surface area contributed by atoms with Gasteiger partial charge in [-0.3, -0.25) is 9.55 Å². The van der Waals surface area contributed by atoms with Crippen LogP contribution < -0.4 is 0 Å². The minimum absolute atomic E-state index is 0.117. The number of phenols is 1. The first-order chi connectivity index (χ1) is 36.0. The van der Waals surface area contributed by atoms with Crippen LogP contribution in [0.3, 0.4) is 0 Å². The van der Waals surface area contributed by atoms with Crippen molar-refractivity contribution < 1.29 is 9.50 Å². The van der Waals surface area contributed by atoms with Crippen LogP contribution in [0.15, 0.2) is 182 Å². The molecule has 5 nitrogen and oxygen atoms in total. The average Bonchev–Trinajstić information content (AvgIpc) is 4.08. The number of rotatable bonds is 7. The van der Waals surface area contributed by atoms with Gasteiger partial charge < -0.3 is 9.67 Å². The number of fused-ring (bicyclic) bond motifs is 4. The second-order valence-electron chi connectivity index (χ2n) is 24.8. The van der Waals surface area contributed by atoms with Crippen molar-refractivity contribution in [3.8, 4) is 73.2 Å². The van der Waals surface area contributed by atoms with E-state index in [-0.39, 0.29) is 27.4 Å². The van der Waals surface area contributed by atoms with Crippen LogP contribution >= 0.6 is 0 Å². The van der Waals surface area contributed by atoms with Gasteiger partial charge >= 0.3 is 0 Å². The number of aromatic hydroxyl groups is 1. The van der Waals surface area contributed by atoms with Crippen molar-refractivity contribution in [2.24, 2.45) is 0 Å². The predicted octanol–water partition coefficient (Wildman–Crippen LogP) is 18.9. The molecule has 3 heterocycles. The Morgan fingerprint density at radius 3 is 1.64 bits per heavy atom. The Morgan fingerprint density at radius 1 is 0.408 bits per heavy atom. The second kappa shape index (κ2) is 18.3. The molecule has 76 heavy (non-hydrogen) atoms. The molecular formula is C70H67FN4O. The zero-order valence-electron chi connectivity index (χ0n) is 45.9. The first-order valence-corrected chi connectivity index (χ1v) is 26.5. The van der Waals surface area contributed by atoms with Gasteiger partial charge in [0.2, 0.25) is 0 Å². The van der Waals surface area contributed by atoms with Crippen molar-refractivity contribution in [3.63, 3.8) is 0 Å². The molecule has 0 aliphatic rings. The van der Waals surface area contributed by atoms with E-state index in [0.29, 0.717) is 11.4 Å². The van der Waals surface area contributed by atoms with Gasteiger partial charge in [-0.15, -0.1) is 0 Å². The summed E-state index contributed by atoms with van der Waals surface area (Å²) in [7, 11) is 0. The van der Waals surface area contributed by atoms with Gasteiger partial charge in [-0.25, -0.2) is 9.37 Å². The van der Waals surface area contributed by atoms with Crippen molar-refractivity contribution >= 4 is 32.8 Å². The SMILES string of the molecule is CC(C)(C)c1cc(-c2cc(-c3cccc(-c4cc(-c5cccc6c7ccccc7n(-c7ccccc7)c56)ccn4)c3)c3nc(-c4ccc(F)cc4O)n(-c4cc(C(C)(C)C)cc(C(C)(C)C)c4)c3c2)cc(C(C)(C)C)c1. The predicted molar refractivity (Wildman–Crippen MR) is 317 cm³/mol. The Balaban J connectivity index is 1.18. The lowest BCUT2D eigenvalue weighted by atomic mass is 9.78. The van der Waals surface area contributed by atoms with E-state index in [2.05, 4.69) is 250 Å². The topological polar surface area (TPSA) is 55.9 Å². The van der Waals surface area contributed by atoms with Gasteiger partial charge in [0, 0.05) is 51.1 Å². The number of aromatic nitrogens is 4. The summed E-state index contributed by atoms with van der Waals surface area (Å²) in [6, 6.07) is 61.4.